The predicted molar refractivity (Wildman–Crippen MR) is 185 cm³/mol. The van der Waals surface area contributed by atoms with Crippen molar-refractivity contribution in [2.45, 2.75) is 76.5 Å². The van der Waals surface area contributed by atoms with E-state index in [1.807, 2.05) is 6.08 Å². The molecule has 266 valence electrons. The van der Waals surface area contributed by atoms with Crippen molar-refractivity contribution in [1.29, 1.82) is 0 Å². The van der Waals surface area contributed by atoms with Crippen LogP contribution in [-0.2, 0) is 19.5 Å². The van der Waals surface area contributed by atoms with Crippen molar-refractivity contribution >= 4 is 68.1 Å². The van der Waals surface area contributed by atoms with Crippen LogP contribution in [0.25, 0.3) is 5.57 Å². The van der Waals surface area contributed by atoms with Crippen molar-refractivity contribution < 1.29 is 41.0 Å². The predicted octanol–water partition coefficient (Wildman–Crippen LogP) is 8.97. The lowest BCUT2D eigenvalue weighted by Crippen LogP contribution is -2.47. The molecule has 16 heteroatoms. The molecule has 2 aromatic carbocycles. The van der Waals surface area contributed by atoms with Gasteiger partial charge in [0, 0.05) is 30.5 Å². The van der Waals surface area contributed by atoms with Crippen LogP contribution < -0.4 is 9.04 Å². The average molecular weight is 761 g/mol. The topological polar surface area (TPSA) is 115 Å². The van der Waals surface area contributed by atoms with E-state index in [4.69, 9.17) is 37.4 Å². The number of carbonyl (C=O) groups is 2. The number of amides is 2. The Morgan fingerprint density at radius 2 is 1.63 bits per heavy atom. The van der Waals surface area contributed by atoms with E-state index < -0.39 is 61.9 Å². The number of carbonyl (C=O) groups excluding carboxylic acids is 2. The van der Waals surface area contributed by atoms with Crippen LogP contribution in [0.2, 0.25) is 10.0 Å². The third-order valence-corrected chi connectivity index (χ3v) is 10.1. The number of nitrogens with zero attached hydrogens (tertiary/aromatic N) is 3. The Hall–Kier alpha value is -3.46. The van der Waals surface area contributed by atoms with Gasteiger partial charge in [0.2, 0.25) is 0 Å². The molecule has 0 radical (unpaired) electrons. The highest BCUT2D eigenvalue weighted by Gasteiger charge is 2.39. The Morgan fingerprint density at radius 3 is 2.22 bits per heavy atom. The first-order valence-corrected chi connectivity index (χ1v) is 18.2. The molecule has 0 bridgehead atoms. The van der Waals surface area contributed by atoms with Crippen LogP contribution in [0.1, 0.15) is 59.9 Å². The fraction of sp³-hybridized carbons (Fsp3) is 0.424. The minimum absolute atomic E-state index is 0.0623. The van der Waals surface area contributed by atoms with Gasteiger partial charge in [0.05, 0.1) is 22.2 Å². The van der Waals surface area contributed by atoms with E-state index >= 15 is 4.39 Å². The number of sulfonamides is 1. The number of allylic oxidation sites excluding steroid dienone is 1. The largest absolute Gasteiger partial charge is 0.491 e. The zero-order valence-electron chi connectivity index (χ0n) is 27.9. The maximum absolute atomic E-state index is 15.7. The number of ether oxygens (including phenoxy) is 3. The first-order valence-electron chi connectivity index (χ1n) is 15.1. The number of aromatic nitrogens is 1. The van der Waals surface area contributed by atoms with Crippen LogP contribution in [0.15, 0.2) is 52.2 Å². The smallest absolute Gasteiger partial charge is 0.430 e. The van der Waals surface area contributed by atoms with Gasteiger partial charge in [-0.2, -0.15) is 0 Å². The van der Waals surface area contributed by atoms with Gasteiger partial charge in [0.15, 0.2) is 5.82 Å². The summed E-state index contributed by atoms with van der Waals surface area (Å²) in [4.78, 5) is 30.6. The standard InChI is InChI=1S/C33H37Cl2F2N3O7S2/c1-32(2,3)46-30(41)39(7)26-10-8-9-20(19-11-12-22(34)24(36)13-19)21(26)16-45-27-15-25(37)28(14-23(27)35)49(43,44)40(29-17-48-18-38-29)31(42)47-33(4,5)6/h9,11-15,17-18,21,26H,8,10,16H2,1-7H3/t21-,26-/m1/s1. The number of hydrogen-bond acceptors (Lipinski definition) is 9. The maximum Gasteiger partial charge on any atom is 0.430 e. The van der Waals surface area contributed by atoms with E-state index in [9.17, 15) is 22.4 Å². The summed E-state index contributed by atoms with van der Waals surface area (Å²) < 4.78 is 74.9. The van der Waals surface area contributed by atoms with Crippen LogP contribution in [-0.4, -0.2) is 61.4 Å². The Kier molecular flexibility index (Phi) is 11.6. The molecule has 2 atom stereocenters. The van der Waals surface area contributed by atoms with Crippen LogP contribution in [0.3, 0.4) is 0 Å². The highest BCUT2D eigenvalue weighted by atomic mass is 35.5. The summed E-state index contributed by atoms with van der Waals surface area (Å²) >= 11 is 13.4. The lowest BCUT2D eigenvalue weighted by molar-refractivity contribution is 0.0154. The Bertz CT molecular complexity index is 1840. The minimum atomic E-state index is -4.92. The van der Waals surface area contributed by atoms with Gasteiger partial charge in [0.1, 0.15) is 33.5 Å². The van der Waals surface area contributed by atoms with E-state index in [0.717, 1.165) is 23.5 Å². The molecular formula is C33H37Cl2F2N3O7S2. The summed E-state index contributed by atoms with van der Waals surface area (Å²) in [5.41, 5.74) is 0.613. The molecule has 1 aliphatic rings. The van der Waals surface area contributed by atoms with Crippen molar-refractivity contribution in [2.24, 2.45) is 5.92 Å². The highest BCUT2D eigenvalue weighted by Crippen LogP contribution is 2.39. The Balaban J connectivity index is 1.69. The number of anilines is 1. The summed E-state index contributed by atoms with van der Waals surface area (Å²) in [5, 5.41) is 0.955. The van der Waals surface area contributed by atoms with E-state index in [0.29, 0.717) is 24.0 Å². The van der Waals surface area contributed by atoms with E-state index in [-0.39, 0.29) is 32.5 Å². The van der Waals surface area contributed by atoms with Crippen molar-refractivity contribution in [2.75, 3.05) is 18.0 Å². The molecule has 1 aliphatic carbocycles. The fourth-order valence-electron chi connectivity index (χ4n) is 5.13. The van der Waals surface area contributed by atoms with Crippen molar-refractivity contribution in [3.63, 3.8) is 0 Å². The Labute approximate surface area is 298 Å². The van der Waals surface area contributed by atoms with E-state index in [1.54, 1.807) is 54.7 Å². The lowest BCUT2D eigenvalue weighted by Gasteiger charge is -2.39. The minimum Gasteiger partial charge on any atom is -0.491 e. The molecule has 2 amide bonds. The fourth-order valence-corrected chi connectivity index (χ4v) is 7.47. The summed E-state index contributed by atoms with van der Waals surface area (Å²) in [7, 11) is -3.34. The molecule has 0 aliphatic heterocycles. The van der Waals surface area contributed by atoms with Gasteiger partial charge in [-0.25, -0.2) is 31.8 Å². The third kappa shape index (κ3) is 9.21. The quantitative estimate of drug-likeness (QED) is 0.224. The van der Waals surface area contributed by atoms with Crippen LogP contribution in [0, 0.1) is 17.6 Å². The molecule has 0 N–H and O–H groups in total. The molecule has 0 unspecified atom stereocenters. The van der Waals surface area contributed by atoms with Crippen molar-refractivity contribution in [3.05, 3.63) is 74.5 Å². The highest BCUT2D eigenvalue weighted by molar-refractivity contribution is 7.93. The number of thiazole rings is 1. The summed E-state index contributed by atoms with van der Waals surface area (Å²) in [6.07, 6.45) is 1.07. The SMILES string of the molecule is CN(C(=O)OC(C)(C)C)[C@@H]1CCC=C(c2ccc(Cl)c(F)c2)[C@H]1COc1cc(F)c(S(=O)(=O)N(C(=O)OC(C)(C)C)c2cscn2)cc1Cl. The zero-order chi connectivity index (χ0) is 36.5. The average Bonchev–Trinajstić information content (AvgIpc) is 3.50. The van der Waals surface area contributed by atoms with Crippen LogP contribution in [0.4, 0.5) is 24.2 Å². The lowest BCUT2D eigenvalue weighted by atomic mass is 9.80. The van der Waals surface area contributed by atoms with Crippen molar-refractivity contribution in [3.8, 4) is 5.75 Å². The van der Waals surface area contributed by atoms with Gasteiger partial charge in [-0.05, 0) is 83.7 Å². The van der Waals surface area contributed by atoms with Gasteiger partial charge in [-0.3, -0.25) is 0 Å². The van der Waals surface area contributed by atoms with E-state index in [2.05, 4.69) is 4.98 Å². The molecular weight excluding hydrogens is 723 g/mol. The zero-order valence-corrected chi connectivity index (χ0v) is 31.1. The van der Waals surface area contributed by atoms with Gasteiger partial charge >= 0.3 is 12.2 Å². The summed E-state index contributed by atoms with van der Waals surface area (Å²) in [6.45, 7) is 9.69. The third-order valence-electron chi connectivity index (χ3n) is 7.23. The molecule has 0 fully saturated rings. The van der Waals surface area contributed by atoms with Crippen LogP contribution >= 0.6 is 34.5 Å². The monoisotopic (exact) mass is 759 g/mol. The van der Waals surface area contributed by atoms with Gasteiger partial charge in [-0.1, -0.05) is 35.3 Å². The van der Waals surface area contributed by atoms with E-state index in [1.165, 1.54) is 27.9 Å². The van der Waals surface area contributed by atoms with Crippen molar-refractivity contribution in [1.82, 2.24) is 9.88 Å². The number of hydrogen-bond donors (Lipinski definition) is 0. The second-order valence-corrected chi connectivity index (χ2v) is 16.5. The summed E-state index contributed by atoms with van der Waals surface area (Å²) in [6, 6.07) is 5.47. The molecule has 0 saturated heterocycles. The van der Waals surface area contributed by atoms with Crippen LogP contribution in [0.5, 0.6) is 5.75 Å². The molecule has 4 rings (SSSR count). The Morgan fingerprint density at radius 1 is 0.980 bits per heavy atom. The number of benzene rings is 2. The first kappa shape index (κ1) is 38.3. The summed E-state index contributed by atoms with van der Waals surface area (Å²) in [5.74, 6) is -2.99. The molecule has 0 spiro atoms. The molecule has 1 aromatic heterocycles. The normalized spacial score (nSPS) is 16.8. The van der Waals surface area contributed by atoms with Gasteiger partial charge < -0.3 is 19.1 Å². The number of rotatable bonds is 8. The molecule has 0 saturated carbocycles. The molecule has 49 heavy (non-hydrogen) atoms. The second kappa shape index (κ2) is 14.8. The maximum atomic E-state index is 15.7. The number of halogens is 4. The second-order valence-electron chi connectivity index (χ2n) is 13.3. The van der Waals surface area contributed by atoms with Gasteiger partial charge in [-0.15, -0.1) is 15.6 Å². The molecule has 10 nitrogen and oxygen atoms in total. The molecule has 1 heterocycles. The first-order chi connectivity index (χ1) is 22.7. The molecule has 3 aromatic rings. The van der Waals surface area contributed by atoms with Gasteiger partial charge in [0.25, 0.3) is 10.0 Å².